The third-order valence-corrected chi connectivity index (χ3v) is 7.48. The van der Waals surface area contributed by atoms with E-state index in [1.165, 1.54) is 0 Å². The molecule has 2 saturated heterocycles. The molecule has 210 valence electrons. The van der Waals surface area contributed by atoms with Crippen LogP contribution in [0.1, 0.15) is 32.4 Å². The molecule has 2 N–H and O–H groups in total. The first-order valence-electron chi connectivity index (χ1n) is 13.4. The van der Waals surface area contributed by atoms with Crippen LogP contribution in [-0.4, -0.2) is 90.6 Å². The van der Waals surface area contributed by atoms with Crippen LogP contribution in [0.3, 0.4) is 0 Å². The predicted octanol–water partition coefficient (Wildman–Crippen LogP) is 2.72. The maximum atomic E-state index is 13.8. The van der Waals surface area contributed by atoms with E-state index in [1.54, 1.807) is 25.4 Å². The fraction of sp³-hybridized carbons (Fsp3) is 0.536. The first kappa shape index (κ1) is 27.0. The lowest BCUT2D eigenvalue weighted by atomic mass is 9.89. The van der Waals surface area contributed by atoms with Gasteiger partial charge in [0.2, 0.25) is 0 Å². The minimum Gasteiger partial charge on any atom is -0.494 e. The van der Waals surface area contributed by atoms with Gasteiger partial charge in [-0.25, -0.2) is 9.98 Å². The smallest absolute Gasteiger partial charge is 0.255 e. The number of rotatable bonds is 9. The van der Waals surface area contributed by atoms with Gasteiger partial charge in [-0.2, -0.15) is 0 Å². The Labute approximate surface area is 229 Å². The monoisotopic (exact) mass is 537 g/mol. The number of imidazole rings is 1. The van der Waals surface area contributed by atoms with Gasteiger partial charge in [-0.3, -0.25) is 4.79 Å². The molecule has 2 fully saturated rings. The molecule has 0 bridgehead atoms. The van der Waals surface area contributed by atoms with Crippen molar-refractivity contribution in [2.45, 2.75) is 45.4 Å². The molecule has 4 heterocycles. The average Bonchev–Trinajstić information content (AvgIpc) is 3.57. The van der Waals surface area contributed by atoms with E-state index in [2.05, 4.69) is 34.4 Å². The van der Waals surface area contributed by atoms with Crippen molar-refractivity contribution in [2.75, 3.05) is 52.9 Å². The highest BCUT2D eigenvalue weighted by Gasteiger charge is 2.56. The van der Waals surface area contributed by atoms with E-state index in [1.807, 2.05) is 42.9 Å². The Morgan fingerprint density at radius 2 is 2.13 bits per heavy atom. The number of aliphatic imine (C=N–C) groups is 1. The first-order valence-corrected chi connectivity index (χ1v) is 13.4. The highest BCUT2D eigenvalue weighted by molar-refractivity contribution is 6.10. The molecule has 0 saturated carbocycles. The van der Waals surface area contributed by atoms with Gasteiger partial charge < -0.3 is 39.2 Å². The summed E-state index contributed by atoms with van der Waals surface area (Å²) in [5.41, 5.74) is 3.70. The van der Waals surface area contributed by atoms with Crippen LogP contribution in [0.2, 0.25) is 0 Å². The normalized spacial score (nSPS) is 22.9. The molecule has 39 heavy (non-hydrogen) atoms. The van der Waals surface area contributed by atoms with Crippen molar-refractivity contribution in [2.24, 2.45) is 10.9 Å². The molecule has 2 unspecified atom stereocenters. The minimum absolute atomic E-state index is 0.0367. The van der Waals surface area contributed by atoms with Gasteiger partial charge in [0.25, 0.3) is 5.91 Å². The summed E-state index contributed by atoms with van der Waals surface area (Å²) in [5.74, 6) is 1.91. The minimum atomic E-state index is -0.783. The van der Waals surface area contributed by atoms with E-state index >= 15 is 0 Å². The topological polar surface area (TPSA) is 105 Å². The van der Waals surface area contributed by atoms with Gasteiger partial charge in [-0.15, -0.1) is 0 Å². The summed E-state index contributed by atoms with van der Waals surface area (Å²) in [5, 5.41) is 7.10. The summed E-state index contributed by atoms with van der Waals surface area (Å²) >= 11 is 0. The molecule has 3 aliphatic heterocycles. The zero-order valence-corrected chi connectivity index (χ0v) is 23.7. The molecular formula is C28H39N7O4. The number of likely N-dealkylation sites (N-methyl/N-ethyl adjacent to an activating group) is 1. The van der Waals surface area contributed by atoms with Gasteiger partial charge in [-0.05, 0) is 31.4 Å². The number of amidine groups is 1. The third-order valence-electron chi connectivity index (χ3n) is 7.48. The van der Waals surface area contributed by atoms with Gasteiger partial charge in [-0.1, -0.05) is 13.8 Å². The van der Waals surface area contributed by atoms with E-state index < -0.39 is 11.8 Å². The van der Waals surface area contributed by atoms with Gasteiger partial charge in [0.1, 0.15) is 17.0 Å². The largest absolute Gasteiger partial charge is 0.494 e. The van der Waals surface area contributed by atoms with Gasteiger partial charge >= 0.3 is 0 Å². The second-order valence-corrected chi connectivity index (χ2v) is 10.7. The number of hydrogen-bond acceptors (Lipinski definition) is 9. The van der Waals surface area contributed by atoms with Gasteiger partial charge in [0, 0.05) is 57.4 Å². The molecule has 0 radical (unpaired) electrons. The standard InChI is InChI=1S/C28H39N7O4/c1-18(2)13-21-24-25(35(10-12-37-5)28(9-11-39-16-28)26(36)33(24)4)32-27(31-21)30-20-7-8-22(23(14-20)38-6)34-15-19(3)29-17-34/h7-8,14-15,17-18,27,30-31H,9-13,16H2,1-6H3. The molecule has 1 aromatic heterocycles. The maximum Gasteiger partial charge on any atom is 0.255 e. The Morgan fingerprint density at radius 3 is 2.77 bits per heavy atom. The number of fused-ring (bicyclic) bond motifs is 1. The van der Waals surface area contributed by atoms with Gasteiger partial charge in [0.15, 0.2) is 12.1 Å². The highest BCUT2D eigenvalue weighted by atomic mass is 16.5. The Bertz CT molecular complexity index is 1280. The van der Waals surface area contributed by atoms with E-state index in [9.17, 15) is 4.79 Å². The molecule has 1 aromatic carbocycles. The number of carbonyl (C=O) groups is 1. The Balaban J connectivity index is 1.52. The summed E-state index contributed by atoms with van der Waals surface area (Å²) in [6.07, 6.45) is 4.67. The second kappa shape index (κ2) is 10.9. The number of nitrogens with one attached hydrogen (secondary N) is 2. The van der Waals surface area contributed by atoms with Crippen molar-refractivity contribution >= 4 is 17.4 Å². The lowest BCUT2D eigenvalue weighted by Gasteiger charge is -2.50. The van der Waals surface area contributed by atoms with Crippen molar-refractivity contribution in [3.8, 4) is 11.4 Å². The number of amides is 1. The fourth-order valence-electron chi connectivity index (χ4n) is 5.63. The summed E-state index contributed by atoms with van der Waals surface area (Å²) in [7, 11) is 5.18. The van der Waals surface area contributed by atoms with Crippen LogP contribution in [-0.2, 0) is 14.3 Å². The van der Waals surface area contributed by atoms with E-state index in [4.69, 9.17) is 19.2 Å². The molecule has 11 nitrogen and oxygen atoms in total. The summed E-state index contributed by atoms with van der Waals surface area (Å²) in [4.78, 5) is 27.2. The molecule has 2 aromatic rings. The number of allylic oxidation sites excluding steroid dienone is 1. The van der Waals surface area contributed by atoms with Crippen LogP contribution in [0.25, 0.3) is 5.69 Å². The van der Waals surface area contributed by atoms with Crippen LogP contribution in [0, 0.1) is 12.8 Å². The van der Waals surface area contributed by atoms with Crippen molar-refractivity contribution in [3.05, 3.63) is 47.8 Å². The van der Waals surface area contributed by atoms with Crippen LogP contribution >= 0.6 is 0 Å². The SMILES string of the molecule is COCCN1C2=NC(Nc3ccc(-n4cnc(C)c4)c(OC)c3)NC(CC(C)C)=C2N(C)C(=O)C12CCOC2. The molecule has 2 atom stereocenters. The molecule has 5 rings (SSSR count). The number of aryl methyl sites for hydroxylation is 1. The molecule has 11 heteroatoms. The summed E-state index contributed by atoms with van der Waals surface area (Å²) in [6, 6.07) is 5.96. The second-order valence-electron chi connectivity index (χ2n) is 10.7. The zero-order chi connectivity index (χ0) is 27.7. The number of ether oxygens (including phenoxy) is 3. The van der Waals surface area contributed by atoms with Crippen molar-refractivity contribution in [1.29, 1.82) is 0 Å². The number of methoxy groups -OCH3 is 2. The van der Waals surface area contributed by atoms with Gasteiger partial charge in [0.05, 0.1) is 38.0 Å². The molecular weight excluding hydrogens is 498 g/mol. The lowest BCUT2D eigenvalue weighted by Crippen LogP contribution is -2.69. The van der Waals surface area contributed by atoms with Crippen LogP contribution < -0.4 is 15.4 Å². The quantitative estimate of drug-likeness (QED) is 0.503. The Morgan fingerprint density at radius 1 is 1.31 bits per heavy atom. The number of benzene rings is 1. The van der Waals surface area contributed by atoms with Crippen LogP contribution in [0.15, 0.2) is 47.1 Å². The number of carbonyl (C=O) groups excluding carboxylic acids is 1. The fourth-order valence-corrected chi connectivity index (χ4v) is 5.63. The van der Waals surface area contributed by atoms with E-state index in [0.717, 1.165) is 40.7 Å². The third kappa shape index (κ3) is 4.96. The molecule has 1 amide bonds. The maximum absolute atomic E-state index is 13.8. The van der Waals surface area contributed by atoms with Crippen molar-refractivity contribution in [1.82, 2.24) is 24.7 Å². The number of aromatic nitrogens is 2. The highest BCUT2D eigenvalue weighted by Crippen LogP contribution is 2.38. The van der Waals surface area contributed by atoms with Crippen LogP contribution in [0.5, 0.6) is 5.75 Å². The Hall–Kier alpha value is -3.57. The molecule has 0 aliphatic carbocycles. The lowest BCUT2D eigenvalue weighted by molar-refractivity contribution is -0.141. The molecule has 1 spiro atoms. The number of hydrogen-bond donors (Lipinski definition) is 2. The average molecular weight is 538 g/mol. The summed E-state index contributed by atoms with van der Waals surface area (Å²) < 4.78 is 18.9. The Kier molecular flexibility index (Phi) is 7.55. The van der Waals surface area contributed by atoms with E-state index in [0.29, 0.717) is 44.5 Å². The zero-order valence-electron chi connectivity index (χ0n) is 23.7. The van der Waals surface area contributed by atoms with E-state index in [-0.39, 0.29) is 5.91 Å². The van der Waals surface area contributed by atoms with Crippen molar-refractivity contribution in [3.63, 3.8) is 0 Å². The molecule has 3 aliphatic rings. The van der Waals surface area contributed by atoms with Crippen molar-refractivity contribution < 1.29 is 19.0 Å². The first-order chi connectivity index (χ1) is 18.8. The summed E-state index contributed by atoms with van der Waals surface area (Å²) in [6.45, 7) is 8.19. The number of nitrogens with zero attached hydrogens (tertiary/aromatic N) is 5. The number of anilines is 1. The van der Waals surface area contributed by atoms with Crippen LogP contribution in [0.4, 0.5) is 5.69 Å². The number of piperazine rings is 1. The predicted molar refractivity (Wildman–Crippen MR) is 149 cm³/mol.